The average molecular weight is 242 g/mol. The van der Waals surface area contributed by atoms with E-state index in [-0.39, 0.29) is 0 Å². The Balaban J connectivity index is 2.17. The Labute approximate surface area is 107 Å². The molecule has 3 heteroatoms. The molecule has 0 saturated carbocycles. The number of piperidine rings is 1. The van der Waals surface area contributed by atoms with Gasteiger partial charge in [-0.3, -0.25) is 0 Å². The molecule has 1 fully saturated rings. The van der Waals surface area contributed by atoms with Crippen molar-refractivity contribution < 1.29 is 4.74 Å². The molecule has 0 aliphatic carbocycles. The minimum Gasteiger partial charge on any atom is -0.385 e. The Hall–Kier alpha value is -0.120. The highest BCUT2D eigenvalue weighted by atomic mass is 16.5. The number of nitrogens with zero attached hydrogens (tertiary/aromatic N) is 1. The lowest BCUT2D eigenvalue weighted by Gasteiger charge is -2.39. The van der Waals surface area contributed by atoms with Crippen molar-refractivity contribution in [3.05, 3.63) is 0 Å². The van der Waals surface area contributed by atoms with Crippen LogP contribution in [-0.2, 0) is 4.74 Å². The summed E-state index contributed by atoms with van der Waals surface area (Å²) in [6, 6.07) is 0.316. The molecule has 1 rings (SSSR count). The zero-order chi connectivity index (χ0) is 12.7. The standard InChI is InChI=1S/C14H30N2O/c1-4-14(2)7-9-16(10-8-14)12-13(15)6-5-11-17-3/h13H,4-12,15H2,1-3H3. The van der Waals surface area contributed by atoms with Gasteiger partial charge in [-0.05, 0) is 44.2 Å². The highest BCUT2D eigenvalue weighted by Crippen LogP contribution is 2.33. The van der Waals surface area contributed by atoms with Gasteiger partial charge in [0.05, 0.1) is 0 Å². The molecule has 0 spiro atoms. The number of nitrogens with two attached hydrogens (primary N) is 1. The van der Waals surface area contributed by atoms with E-state index in [1.165, 1.54) is 32.4 Å². The Morgan fingerprint density at radius 3 is 2.53 bits per heavy atom. The molecule has 1 heterocycles. The van der Waals surface area contributed by atoms with E-state index in [0.717, 1.165) is 26.0 Å². The van der Waals surface area contributed by atoms with E-state index in [1.807, 2.05) is 0 Å². The molecular formula is C14H30N2O. The Bertz CT molecular complexity index is 200. The molecule has 0 aromatic carbocycles. The lowest BCUT2D eigenvalue weighted by molar-refractivity contribution is 0.107. The summed E-state index contributed by atoms with van der Waals surface area (Å²) in [5.74, 6) is 0. The van der Waals surface area contributed by atoms with Crippen molar-refractivity contribution in [2.45, 2.75) is 52.0 Å². The summed E-state index contributed by atoms with van der Waals surface area (Å²) in [6.07, 6.45) is 6.12. The van der Waals surface area contributed by atoms with Crippen LogP contribution in [0.2, 0.25) is 0 Å². The van der Waals surface area contributed by atoms with Crippen LogP contribution >= 0.6 is 0 Å². The third-order valence-electron chi connectivity index (χ3n) is 4.33. The fourth-order valence-corrected chi connectivity index (χ4v) is 2.54. The smallest absolute Gasteiger partial charge is 0.0462 e. The molecule has 1 aliphatic rings. The van der Waals surface area contributed by atoms with Crippen LogP contribution in [-0.4, -0.2) is 44.3 Å². The Morgan fingerprint density at radius 1 is 1.35 bits per heavy atom. The summed E-state index contributed by atoms with van der Waals surface area (Å²) in [7, 11) is 1.75. The maximum atomic E-state index is 6.15. The van der Waals surface area contributed by atoms with E-state index < -0.39 is 0 Å². The molecule has 1 unspecified atom stereocenters. The lowest BCUT2D eigenvalue weighted by Crippen LogP contribution is -2.44. The SMILES string of the molecule is CCC1(C)CCN(CC(N)CCCOC)CC1. The Kier molecular flexibility index (Phi) is 6.45. The van der Waals surface area contributed by atoms with Gasteiger partial charge in [0, 0.05) is 26.3 Å². The van der Waals surface area contributed by atoms with Crippen molar-refractivity contribution in [1.29, 1.82) is 0 Å². The van der Waals surface area contributed by atoms with Gasteiger partial charge in [0.15, 0.2) is 0 Å². The van der Waals surface area contributed by atoms with Crippen molar-refractivity contribution in [3.8, 4) is 0 Å². The molecule has 2 N–H and O–H groups in total. The van der Waals surface area contributed by atoms with Gasteiger partial charge < -0.3 is 15.4 Å². The summed E-state index contributed by atoms with van der Waals surface area (Å²) in [6.45, 7) is 9.07. The molecule has 0 amide bonds. The lowest BCUT2D eigenvalue weighted by atomic mass is 9.78. The van der Waals surface area contributed by atoms with Gasteiger partial charge in [-0.25, -0.2) is 0 Å². The summed E-state index contributed by atoms with van der Waals surface area (Å²) in [5.41, 5.74) is 6.73. The van der Waals surface area contributed by atoms with Gasteiger partial charge in [0.2, 0.25) is 0 Å². The van der Waals surface area contributed by atoms with E-state index in [4.69, 9.17) is 10.5 Å². The van der Waals surface area contributed by atoms with Gasteiger partial charge >= 0.3 is 0 Å². The number of methoxy groups -OCH3 is 1. The number of rotatable bonds is 7. The molecule has 1 atom stereocenters. The number of ether oxygens (including phenoxy) is 1. The predicted octanol–water partition coefficient (Wildman–Crippen LogP) is 2.25. The average Bonchev–Trinajstić information content (AvgIpc) is 2.33. The molecule has 102 valence electrons. The highest BCUT2D eigenvalue weighted by Gasteiger charge is 2.28. The summed E-state index contributed by atoms with van der Waals surface area (Å²) < 4.78 is 5.05. The highest BCUT2D eigenvalue weighted by molar-refractivity contribution is 4.82. The number of likely N-dealkylation sites (tertiary alicyclic amines) is 1. The van der Waals surface area contributed by atoms with E-state index in [1.54, 1.807) is 7.11 Å². The van der Waals surface area contributed by atoms with E-state index in [2.05, 4.69) is 18.7 Å². The van der Waals surface area contributed by atoms with Gasteiger partial charge in [0.25, 0.3) is 0 Å². The van der Waals surface area contributed by atoms with Crippen molar-refractivity contribution in [2.75, 3.05) is 33.4 Å². The van der Waals surface area contributed by atoms with Crippen molar-refractivity contribution in [1.82, 2.24) is 4.90 Å². The second-order valence-corrected chi connectivity index (χ2v) is 5.86. The molecule has 1 aliphatic heterocycles. The fourth-order valence-electron chi connectivity index (χ4n) is 2.54. The van der Waals surface area contributed by atoms with Crippen LogP contribution < -0.4 is 5.73 Å². The van der Waals surface area contributed by atoms with E-state index >= 15 is 0 Å². The summed E-state index contributed by atoms with van der Waals surface area (Å²) >= 11 is 0. The number of hydrogen-bond acceptors (Lipinski definition) is 3. The largest absolute Gasteiger partial charge is 0.385 e. The van der Waals surface area contributed by atoms with E-state index in [9.17, 15) is 0 Å². The van der Waals surface area contributed by atoms with Gasteiger partial charge in [-0.15, -0.1) is 0 Å². The predicted molar refractivity (Wildman–Crippen MR) is 73.2 cm³/mol. The van der Waals surface area contributed by atoms with Crippen molar-refractivity contribution in [3.63, 3.8) is 0 Å². The molecule has 0 aromatic rings. The monoisotopic (exact) mass is 242 g/mol. The van der Waals surface area contributed by atoms with Crippen LogP contribution in [0.25, 0.3) is 0 Å². The quantitative estimate of drug-likeness (QED) is 0.696. The first kappa shape index (κ1) is 14.9. The van der Waals surface area contributed by atoms with Gasteiger partial charge in [0.1, 0.15) is 0 Å². The molecular weight excluding hydrogens is 212 g/mol. The zero-order valence-electron chi connectivity index (χ0n) is 11.9. The fraction of sp³-hybridized carbons (Fsp3) is 1.00. The van der Waals surface area contributed by atoms with Gasteiger partial charge in [-0.2, -0.15) is 0 Å². The summed E-state index contributed by atoms with van der Waals surface area (Å²) in [4.78, 5) is 2.54. The third kappa shape index (κ3) is 5.36. The van der Waals surface area contributed by atoms with Crippen molar-refractivity contribution >= 4 is 0 Å². The topological polar surface area (TPSA) is 38.5 Å². The minimum absolute atomic E-state index is 0.316. The maximum Gasteiger partial charge on any atom is 0.0462 e. The first-order valence-corrected chi connectivity index (χ1v) is 7.06. The first-order valence-electron chi connectivity index (χ1n) is 7.06. The van der Waals surface area contributed by atoms with Crippen LogP contribution in [0, 0.1) is 5.41 Å². The van der Waals surface area contributed by atoms with Gasteiger partial charge in [-0.1, -0.05) is 20.3 Å². The molecule has 0 bridgehead atoms. The number of hydrogen-bond donors (Lipinski definition) is 1. The van der Waals surface area contributed by atoms with Crippen LogP contribution in [0.1, 0.15) is 46.0 Å². The molecule has 0 aromatic heterocycles. The van der Waals surface area contributed by atoms with Crippen LogP contribution in [0.5, 0.6) is 0 Å². The normalized spacial score (nSPS) is 22.6. The van der Waals surface area contributed by atoms with E-state index in [0.29, 0.717) is 11.5 Å². The zero-order valence-corrected chi connectivity index (χ0v) is 11.9. The Morgan fingerprint density at radius 2 is 2.00 bits per heavy atom. The van der Waals surface area contributed by atoms with Crippen LogP contribution in [0.15, 0.2) is 0 Å². The molecule has 3 nitrogen and oxygen atoms in total. The third-order valence-corrected chi connectivity index (χ3v) is 4.33. The second kappa shape index (κ2) is 7.34. The molecule has 17 heavy (non-hydrogen) atoms. The first-order chi connectivity index (χ1) is 8.09. The van der Waals surface area contributed by atoms with Crippen molar-refractivity contribution in [2.24, 2.45) is 11.1 Å². The van der Waals surface area contributed by atoms with Crippen LogP contribution in [0.3, 0.4) is 0 Å². The summed E-state index contributed by atoms with van der Waals surface area (Å²) in [5, 5.41) is 0. The van der Waals surface area contributed by atoms with Crippen LogP contribution in [0.4, 0.5) is 0 Å². The second-order valence-electron chi connectivity index (χ2n) is 5.86. The minimum atomic E-state index is 0.316. The molecule has 1 saturated heterocycles. The maximum absolute atomic E-state index is 6.15. The molecule has 0 radical (unpaired) electrons.